The van der Waals surface area contributed by atoms with Gasteiger partial charge in [-0.15, -0.1) is 0 Å². The molecule has 2 aromatic heterocycles. The standard InChI is InChI=1S/C19H26N4O3S/c1-2-3-9-16-22-17-18(14-7-4-5-8-15(14)21-19(17)20)23(16)10-12-26-11-6-13-27(24)25/h4-5,7-8H,2-3,6,9-13H2,1H3,(H2,20,21)(H,24,25). The summed E-state index contributed by atoms with van der Waals surface area (Å²) in [4.78, 5) is 9.28. The Labute approximate surface area is 161 Å². The highest BCUT2D eigenvalue weighted by Crippen LogP contribution is 2.29. The summed E-state index contributed by atoms with van der Waals surface area (Å²) in [5, 5.41) is 1.03. The van der Waals surface area contributed by atoms with Gasteiger partial charge in [-0.1, -0.05) is 31.5 Å². The van der Waals surface area contributed by atoms with Crippen LogP contribution >= 0.6 is 0 Å². The zero-order valence-corrected chi connectivity index (χ0v) is 16.4. The second-order valence-electron chi connectivity index (χ2n) is 6.49. The summed E-state index contributed by atoms with van der Waals surface area (Å²) in [6.07, 6.45) is 3.59. The Morgan fingerprint density at radius 2 is 2.04 bits per heavy atom. The van der Waals surface area contributed by atoms with E-state index in [-0.39, 0.29) is 5.75 Å². The van der Waals surface area contributed by atoms with Crippen LogP contribution < -0.4 is 5.73 Å². The second-order valence-corrected chi connectivity index (χ2v) is 7.54. The highest BCUT2D eigenvalue weighted by molar-refractivity contribution is 7.79. The molecule has 3 rings (SSSR count). The molecule has 0 radical (unpaired) electrons. The summed E-state index contributed by atoms with van der Waals surface area (Å²) in [7, 11) is 0. The monoisotopic (exact) mass is 390 g/mol. The summed E-state index contributed by atoms with van der Waals surface area (Å²) < 4.78 is 27.4. The van der Waals surface area contributed by atoms with E-state index in [9.17, 15) is 4.21 Å². The molecule has 8 heteroatoms. The summed E-state index contributed by atoms with van der Waals surface area (Å²) in [6.45, 7) is 3.80. The van der Waals surface area contributed by atoms with Crippen LogP contribution in [0.2, 0.25) is 0 Å². The van der Waals surface area contributed by atoms with Crippen molar-refractivity contribution in [1.82, 2.24) is 14.5 Å². The van der Waals surface area contributed by atoms with Crippen LogP contribution in [0.5, 0.6) is 0 Å². The average Bonchev–Trinajstić information content (AvgIpc) is 3.02. The Kier molecular flexibility index (Phi) is 6.76. The Balaban J connectivity index is 1.89. The lowest BCUT2D eigenvalue weighted by Gasteiger charge is -2.11. The van der Waals surface area contributed by atoms with Crippen molar-refractivity contribution in [1.29, 1.82) is 0 Å². The molecule has 2 heterocycles. The van der Waals surface area contributed by atoms with Crippen molar-refractivity contribution >= 4 is 38.8 Å². The van der Waals surface area contributed by atoms with E-state index in [0.29, 0.717) is 32.0 Å². The Bertz CT molecular complexity index is 941. The van der Waals surface area contributed by atoms with E-state index in [1.165, 1.54) is 0 Å². The minimum atomic E-state index is -1.76. The first kappa shape index (κ1) is 19.7. The Morgan fingerprint density at radius 1 is 1.22 bits per heavy atom. The van der Waals surface area contributed by atoms with Crippen LogP contribution in [0.4, 0.5) is 5.82 Å². The third kappa shape index (κ3) is 4.63. The van der Waals surface area contributed by atoms with E-state index in [4.69, 9.17) is 20.0 Å². The van der Waals surface area contributed by atoms with E-state index in [1.54, 1.807) is 0 Å². The van der Waals surface area contributed by atoms with Crippen molar-refractivity contribution in [2.45, 2.75) is 39.2 Å². The largest absolute Gasteiger partial charge is 0.382 e. The van der Waals surface area contributed by atoms with Gasteiger partial charge in [0.15, 0.2) is 16.9 Å². The number of benzene rings is 1. The fourth-order valence-corrected chi connectivity index (χ4v) is 3.58. The molecule has 7 nitrogen and oxygen atoms in total. The molecule has 0 saturated heterocycles. The molecule has 0 saturated carbocycles. The van der Waals surface area contributed by atoms with Crippen molar-refractivity contribution in [2.24, 2.45) is 0 Å². The van der Waals surface area contributed by atoms with E-state index < -0.39 is 11.1 Å². The number of nitrogens with zero attached hydrogens (tertiary/aromatic N) is 3. The molecule has 3 N–H and O–H groups in total. The van der Waals surface area contributed by atoms with Crippen molar-refractivity contribution in [2.75, 3.05) is 24.7 Å². The third-order valence-corrected chi connectivity index (χ3v) is 5.15. The predicted molar refractivity (Wildman–Crippen MR) is 109 cm³/mol. The number of anilines is 1. The molecular weight excluding hydrogens is 364 g/mol. The highest BCUT2D eigenvalue weighted by Gasteiger charge is 2.16. The van der Waals surface area contributed by atoms with Crippen molar-refractivity contribution in [3.8, 4) is 0 Å². The maximum absolute atomic E-state index is 10.7. The van der Waals surface area contributed by atoms with E-state index in [1.807, 2.05) is 24.3 Å². The minimum absolute atomic E-state index is 0.239. The topological polar surface area (TPSA) is 103 Å². The van der Waals surface area contributed by atoms with Gasteiger partial charge in [-0.05, 0) is 18.9 Å². The molecule has 27 heavy (non-hydrogen) atoms. The maximum atomic E-state index is 10.7. The highest BCUT2D eigenvalue weighted by atomic mass is 32.2. The van der Waals surface area contributed by atoms with Crippen LogP contribution in [0.25, 0.3) is 21.9 Å². The summed E-state index contributed by atoms with van der Waals surface area (Å²) in [5.41, 5.74) is 8.79. The number of fused-ring (bicyclic) bond motifs is 3. The summed E-state index contributed by atoms with van der Waals surface area (Å²) >= 11 is -1.76. The quantitative estimate of drug-likeness (QED) is 0.407. The van der Waals surface area contributed by atoms with Gasteiger partial charge in [0.2, 0.25) is 0 Å². The first-order valence-electron chi connectivity index (χ1n) is 9.30. The minimum Gasteiger partial charge on any atom is -0.382 e. The molecule has 1 aromatic carbocycles. The first-order chi connectivity index (χ1) is 13.1. The molecule has 1 unspecified atom stereocenters. The Hall–Kier alpha value is -2.03. The van der Waals surface area contributed by atoms with E-state index in [0.717, 1.165) is 47.0 Å². The number of unbranched alkanes of at least 4 members (excludes halogenated alkanes) is 1. The van der Waals surface area contributed by atoms with Crippen LogP contribution in [-0.4, -0.2) is 42.3 Å². The van der Waals surface area contributed by atoms with Gasteiger partial charge < -0.3 is 19.6 Å². The Morgan fingerprint density at radius 3 is 2.81 bits per heavy atom. The first-order valence-corrected chi connectivity index (χ1v) is 10.6. The van der Waals surface area contributed by atoms with Gasteiger partial charge in [-0.3, -0.25) is 0 Å². The van der Waals surface area contributed by atoms with Crippen molar-refractivity contribution in [3.05, 3.63) is 30.1 Å². The number of ether oxygens (including phenoxy) is 1. The zero-order chi connectivity index (χ0) is 19.2. The lowest BCUT2D eigenvalue weighted by atomic mass is 10.2. The van der Waals surface area contributed by atoms with Crippen molar-refractivity contribution < 1.29 is 13.5 Å². The number of imidazole rings is 1. The number of hydrogen-bond donors (Lipinski definition) is 2. The molecule has 0 aliphatic heterocycles. The molecular formula is C19H26N4O3S. The van der Waals surface area contributed by atoms with Crippen LogP contribution in [0.1, 0.15) is 32.0 Å². The molecule has 0 amide bonds. The maximum Gasteiger partial charge on any atom is 0.152 e. The number of nitrogen functional groups attached to an aromatic ring is 1. The molecule has 146 valence electrons. The molecule has 0 spiro atoms. The van der Waals surface area contributed by atoms with Crippen LogP contribution in [-0.2, 0) is 28.8 Å². The summed E-state index contributed by atoms with van der Waals surface area (Å²) in [5.74, 6) is 1.69. The van der Waals surface area contributed by atoms with Gasteiger partial charge in [0.05, 0.1) is 23.4 Å². The van der Waals surface area contributed by atoms with Crippen LogP contribution in [0.15, 0.2) is 24.3 Å². The second kappa shape index (κ2) is 9.25. The number of aromatic nitrogens is 3. The van der Waals surface area contributed by atoms with Gasteiger partial charge in [-0.2, -0.15) is 0 Å². The average molecular weight is 391 g/mol. The third-order valence-electron chi connectivity index (χ3n) is 4.51. The van der Waals surface area contributed by atoms with Gasteiger partial charge in [0.25, 0.3) is 0 Å². The van der Waals surface area contributed by atoms with Gasteiger partial charge in [0.1, 0.15) is 11.3 Å². The number of aryl methyl sites for hydroxylation is 1. The van der Waals surface area contributed by atoms with Gasteiger partial charge in [-0.25, -0.2) is 14.2 Å². The predicted octanol–water partition coefficient (Wildman–Crippen LogP) is 3.14. The van der Waals surface area contributed by atoms with Gasteiger partial charge in [0, 0.05) is 25.0 Å². The van der Waals surface area contributed by atoms with E-state index >= 15 is 0 Å². The van der Waals surface area contributed by atoms with Gasteiger partial charge >= 0.3 is 0 Å². The molecule has 0 bridgehead atoms. The zero-order valence-electron chi connectivity index (χ0n) is 15.6. The lowest BCUT2D eigenvalue weighted by Crippen LogP contribution is -2.11. The number of nitrogens with two attached hydrogens (primary N) is 1. The smallest absolute Gasteiger partial charge is 0.152 e. The number of pyridine rings is 1. The molecule has 0 aliphatic carbocycles. The normalized spacial score (nSPS) is 12.8. The lowest BCUT2D eigenvalue weighted by molar-refractivity contribution is 0.127. The number of hydrogen-bond acceptors (Lipinski definition) is 5. The number of para-hydroxylation sites is 1. The van der Waals surface area contributed by atoms with E-state index in [2.05, 4.69) is 16.5 Å². The SMILES string of the molecule is CCCCc1nc2c(N)nc3ccccc3c2n1CCOCCCS(=O)O. The number of rotatable bonds is 10. The van der Waals surface area contributed by atoms with Crippen LogP contribution in [0.3, 0.4) is 0 Å². The molecule has 1 atom stereocenters. The molecule has 0 aliphatic rings. The summed E-state index contributed by atoms with van der Waals surface area (Å²) in [6, 6.07) is 7.95. The fourth-order valence-electron chi connectivity index (χ4n) is 3.21. The van der Waals surface area contributed by atoms with Crippen molar-refractivity contribution in [3.63, 3.8) is 0 Å². The fraction of sp³-hybridized carbons (Fsp3) is 0.474. The molecule has 0 fully saturated rings. The van der Waals surface area contributed by atoms with Crippen LogP contribution in [0, 0.1) is 0 Å². The molecule has 3 aromatic rings.